The standard InChI is InChI=1S/C30H28F6N2O/c31-29(32,33)23-15-22(16-24(18-23)30(34,35)36)28(39)38-14-11-26(20-7-2-1-3-8-20)27(19-38)21-9-6-10-25(17-21)37-12-4-5-13-37/h1-3,6-10,15-18,26-27H,4-5,11-14,19H2/t26-,27+/m1/s1. The van der Waals surface area contributed by atoms with Crippen molar-refractivity contribution in [2.75, 3.05) is 31.1 Å². The van der Waals surface area contributed by atoms with Crippen LogP contribution in [-0.2, 0) is 12.4 Å². The molecule has 2 heterocycles. The number of hydrogen-bond donors (Lipinski definition) is 0. The SMILES string of the molecule is O=C(c1cc(C(F)(F)F)cc(C(F)(F)F)c1)N1CC[C@H](c2ccccc2)[C@H](c2cccc(N3CCCC3)c2)C1. The van der Waals surface area contributed by atoms with E-state index in [0.29, 0.717) is 18.6 Å². The van der Waals surface area contributed by atoms with Crippen molar-refractivity contribution in [2.45, 2.75) is 43.5 Å². The van der Waals surface area contributed by atoms with Crippen LogP contribution in [0.25, 0.3) is 0 Å². The minimum Gasteiger partial charge on any atom is -0.372 e. The molecule has 0 unspecified atom stereocenters. The van der Waals surface area contributed by atoms with E-state index in [0.717, 1.165) is 42.7 Å². The molecule has 9 heteroatoms. The average molecular weight is 547 g/mol. The van der Waals surface area contributed by atoms with E-state index in [4.69, 9.17) is 0 Å². The molecule has 0 radical (unpaired) electrons. The number of halogens is 6. The lowest BCUT2D eigenvalue weighted by Crippen LogP contribution is -2.42. The average Bonchev–Trinajstić information content (AvgIpc) is 3.47. The van der Waals surface area contributed by atoms with Crippen LogP contribution in [0.3, 0.4) is 0 Å². The van der Waals surface area contributed by atoms with Gasteiger partial charge in [0.25, 0.3) is 5.91 Å². The van der Waals surface area contributed by atoms with Gasteiger partial charge in [0.15, 0.2) is 0 Å². The molecular weight excluding hydrogens is 518 g/mol. The molecule has 0 spiro atoms. The van der Waals surface area contributed by atoms with Crippen molar-refractivity contribution in [1.82, 2.24) is 4.90 Å². The van der Waals surface area contributed by atoms with Crippen molar-refractivity contribution >= 4 is 11.6 Å². The van der Waals surface area contributed by atoms with E-state index in [1.54, 1.807) is 0 Å². The van der Waals surface area contributed by atoms with Crippen molar-refractivity contribution in [3.05, 3.63) is 101 Å². The first kappa shape index (κ1) is 27.1. The van der Waals surface area contributed by atoms with Crippen LogP contribution < -0.4 is 4.90 Å². The normalized spacial score (nSPS) is 20.4. The highest BCUT2D eigenvalue weighted by Crippen LogP contribution is 2.42. The molecule has 2 fully saturated rings. The van der Waals surface area contributed by atoms with Crippen molar-refractivity contribution in [1.29, 1.82) is 0 Å². The summed E-state index contributed by atoms with van der Waals surface area (Å²) >= 11 is 0. The summed E-state index contributed by atoms with van der Waals surface area (Å²) in [7, 11) is 0. The van der Waals surface area contributed by atoms with Crippen LogP contribution in [0.1, 0.15) is 63.7 Å². The number of amides is 1. The minimum atomic E-state index is -5.02. The number of anilines is 1. The van der Waals surface area contributed by atoms with Crippen LogP contribution >= 0.6 is 0 Å². The van der Waals surface area contributed by atoms with Crippen LogP contribution in [-0.4, -0.2) is 37.0 Å². The highest BCUT2D eigenvalue weighted by atomic mass is 19.4. The molecule has 2 atom stereocenters. The van der Waals surface area contributed by atoms with Crippen LogP contribution in [0.15, 0.2) is 72.8 Å². The third-order valence-electron chi connectivity index (χ3n) is 7.73. The molecular formula is C30H28F6N2O. The number of alkyl halides is 6. The maximum atomic E-state index is 13.4. The number of nitrogens with zero attached hydrogens (tertiary/aromatic N) is 2. The molecule has 3 nitrogen and oxygen atoms in total. The Morgan fingerprint density at radius 2 is 1.31 bits per heavy atom. The molecule has 3 aromatic carbocycles. The molecule has 1 amide bonds. The van der Waals surface area contributed by atoms with Gasteiger partial charge in [0.05, 0.1) is 11.1 Å². The summed E-state index contributed by atoms with van der Waals surface area (Å²) < 4.78 is 80.6. The van der Waals surface area contributed by atoms with Gasteiger partial charge < -0.3 is 9.80 Å². The van der Waals surface area contributed by atoms with Gasteiger partial charge in [-0.15, -0.1) is 0 Å². The molecule has 0 N–H and O–H groups in total. The third-order valence-corrected chi connectivity index (χ3v) is 7.73. The molecule has 0 saturated carbocycles. The summed E-state index contributed by atoms with van der Waals surface area (Å²) in [5.41, 5.74) is -0.442. The summed E-state index contributed by atoms with van der Waals surface area (Å²) in [6, 6.07) is 19.0. The Kier molecular flexibility index (Phi) is 7.35. The Labute approximate surface area is 223 Å². The minimum absolute atomic E-state index is 0.0383. The zero-order chi connectivity index (χ0) is 27.8. The van der Waals surface area contributed by atoms with Crippen LogP contribution in [0.5, 0.6) is 0 Å². The first-order valence-corrected chi connectivity index (χ1v) is 13.0. The number of piperidine rings is 1. The van der Waals surface area contributed by atoms with E-state index in [9.17, 15) is 31.1 Å². The summed E-state index contributed by atoms with van der Waals surface area (Å²) in [5.74, 6) is -0.976. The lowest BCUT2D eigenvalue weighted by Gasteiger charge is -2.39. The van der Waals surface area contributed by atoms with Crippen molar-refractivity contribution in [2.24, 2.45) is 0 Å². The van der Waals surface area contributed by atoms with E-state index in [2.05, 4.69) is 11.0 Å². The highest BCUT2D eigenvalue weighted by Gasteiger charge is 2.39. The molecule has 39 heavy (non-hydrogen) atoms. The van der Waals surface area contributed by atoms with E-state index in [1.165, 1.54) is 4.90 Å². The van der Waals surface area contributed by atoms with Gasteiger partial charge in [0.2, 0.25) is 0 Å². The number of benzene rings is 3. The zero-order valence-corrected chi connectivity index (χ0v) is 21.1. The Morgan fingerprint density at radius 1 is 0.692 bits per heavy atom. The predicted molar refractivity (Wildman–Crippen MR) is 137 cm³/mol. The lowest BCUT2D eigenvalue weighted by molar-refractivity contribution is -0.143. The third kappa shape index (κ3) is 5.92. The number of carbonyl (C=O) groups is 1. The molecule has 5 rings (SSSR count). The van der Waals surface area contributed by atoms with Gasteiger partial charge in [0, 0.05) is 43.3 Å². The van der Waals surface area contributed by atoms with Gasteiger partial charge in [-0.25, -0.2) is 0 Å². The second-order valence-electron chi connectivity index (χ2n) is 10.2. The fraction of sp³-hybridized carbons (Fsp3) is 0.367. The van der Waals surface area contributed by atoms with Crippen LogP contribution in [0.4, 0.5) is 32.0 Å². The van der Waals surface area contributed by atoms with Crippen molar-refractivity contribution in [3.8, 4) is 0 Å². The molecule has 0 aliphatic carbocycles. The van der Waals surface area contributed by atoms with Crippen LogP contribution in [0.2, 0.25) is 0 Å². The lowest BCUT2D eigenvalue weighted by atomic mass is 9.76. The largest absolute Gasteiger partial charge is 0.416 e. The summed E-state index contributed by atoms with van der Waals surface area (Å²) in [4.78, 5) is 17.1. The smallest absolute Gasteiger partial charge is 0.372 e. The molecule has 2 aliphatic rings. The number of hydrogen-bond acceptors (Lipinski definition) is 2. The first-order valence-electron chi connectivity index (χ1n) is 13.0. The number of likely N-dealkylation sites (tertiary alicyclic amines) is 1. The van der Waals surface area contributed by atoms with Gasteiger partial charge in [0.1, 0.15) is 0 Å². The van der Waals surface area contributed by atoms with Gasteiger partial charge in [-0.05, 0) is 66.6 Å². The maximum Gasteiger partial charge on any atom is 0.416 e. The monoisotopic (exact) mass is 546 g/mol. The quantitative estimate of drug-likeness (QED) is 0.313. The fourth-order valence-corrected chi connectivity index (χ4v) is 5.76. The molecule has 2 aliphatic heterocycles. The Hall–Kier alpha value is -3.49. The van der Waals surface area contributed by atoms with Gasteiger partial charge in [-0.1, -0.05) is 42.5 Å². The molecule has 0 bridgehead atoms. The highest BCUT2D eigenvalue weighted by molar-refractivity contribution is 5.95. The van der Waals surface area contributed by atoms with Crippen LogP contribution in [0, 0.1) is 0 Å². The summed E-state index contributed by atoms with van der Waals surface area (Å²) in [5, 5.41) is 0. The van der Waals surface area contributed by atoms with Gasteiger partial charge in [-0.3, -0.25) is 4.79 Å². The Morgan fingerprint density at radius 3 is 1.92 bits per heavy atom. The van der Waals surface area contributed by atoms with E-state index < -0.39 is 35.0 Å². The molecule has 0 aromatic heterocycles. The molecule has 2 saturated heterocycles. The van der Waals surface area contributed by atoms with E-state index >= 15 is 0 Å². The number of carbonyl (C=O) groups excluding carboxylic acids is 1. The maximum absolute atomic E-state index is 13.4. The van der Waals surface area contributed by atoms with Crippen molar-refractivity contribution < 1.29 is 31.1 Å². The summed E-state index contributed by atoms with van der Waals surface area (Å²) in [6.07, 6.45) is -7.29. The Bertz CT molecular complexity index is 1280. The predicted octanol–water partition coefficient (Wildman–Crippen LogP) is 7.74. The first-order chi connectivity index (χ1) is 18.5. The van der Waals surface area contributed by atoms with E-state index in [1.807, 2.05) is 48.5 Å². The van der Waals surface area contributed by atoms with Crippen molar-refractivity contribution in [3.63, 3.8) is 0 Å². The Balaban J connectivity index is 1.49. The second kappa shape index (κ2) is 10.6. The van der Waals surface area contributed by atoms with Gasteiger partial charge in [-0.2, -0.15) is 26.3 Å². The van der Waals surface area contributed by atoms with Gasteiger partial charge >= 0.3 is 12.4 Å². The number of rotatable bonds is 4. The van der Waals surface area contributed by atoms with E-state index in [-0.39, 0.29) is 31.0 Å². The second-order valence-corrected chi connectivity index (χ2v) is 10.2. The topological polar surface area (TPSA) is 23.6 Å². The molecule has 206 valence electrons. The fourth-order valence-electron chi connectivity index (χ4n) is 5.76. The summed E-state index contributed by atoms with van der Waals surface area (Å²) in [6.45, 7) is 2.31. The molecule has 3 aromatic rings. The zero-order valence-electron chi connectivity index (χ0n) is 21.1.